The molecule has 16 heavy (non-hydrogen) atoms. The summed E-state index contributed by atoms with van der Waals surface area (Å²) in [7, 11) is 0. The van der Waals surface area contributed by atoms with Crippen molar-refractivity contribution in [3.05, 3.63) is 29.1 Å². The fraction of sp³-hybridized carbons (Fsp3) is 0.417. The van der Waals surface area contributed by atoms with E-state index in [2.05, 4.69) is 0 Å². The molecule has 1 aromatic rings. The van der Waals surface area contributed by atoms with Gasteiger partial charge in [-0.25, -0.2) is 4.39 Å². The number of aromatic hydroxyl groups is 1. The molecule has 0 aromatic heterocycles. The number of aryl methyl sites for hydroxylation is 1. The van der Waals surface area contributed by atoms with E-state index in [1.54, 1.807) is 6.92 Å². The fourth-order valence-electron chi connectivity index (χ4n) is 1.49. The van der Waals surface area contributed by atoms with Crippen molar-refractivity contribution in [2.75, 3.05) is 0 Å². The van der Waals surface area contributed by atoms with Gasteiger partial charge in [-0.1, -0.05) is 0 Å². The summed E-state index contributed by atoms with van der Waals surface area (Å²) in [5.41, 5.74) is -0.293. The van der Waals surface area contributed by atoms with Crippen LogP contribution >= 0.6 is 0 Å². The minimum absolute atomic E-state index is 0.0317. The third-order valence-corrected chi connectivity index (χ3v) is 2.56. The molecule has 0 aliphatic heterocycles. The molecular formula is C12H15FO3. The molecule has 0 spiro atoms. The van der Waals surface area contributed by atoms with Gasteiger partial charge >= 0.3 is 5.97 Å². The summed E-state index contributed by atoms with van der Waals surface area (Å²) in [6.07, 6.45) is 0.0900. The van der Waals surface area contributed by atoms with Crippen molar-refractivity contribution in [1.29, 1.82) is 0 Å². The van der Waals surface area contributed by atoms with E-state index in [1.807, 2.05) is 0 Å². The first-order valence-electron chi connectivity index (χ1n) is 4.95. The number of rotatable bonds is 3. The molecule has 0 saturated carbocycles. The van der Waals surface area contributed by atoms with Gasteiger partial charge in [0.2, 0.25) is 0 Å². The van der Waals surface area contributed by atoms with Crippen molar-refractivity contribution in [2.24, 2.45) is 5.41 Å². The summed E-state index contributed by atoms with van der Waals surface area (Å²) in [5, 5.41) is 18.7. The van der Waals surface area contributed by atoms with E-state index in [0.717, 1.165) is 0 Å². The SMILES string of the molecule is Cc1cc(F)cc(CC(C)(C)C(=O)O)c1O. The average molecular weight is 226 g/mol. The molecule has 3 nitrogen and oxygen atoms in total. The number of carbonyl (C=O) groups is 1. The zero-order chi connectivity index (χ0) is 12.5. The maximum atomic E-state index is 13.1. The van der Waals surface area contributed by atoms with Crippen LogP contribution in [0.1, 0.15) is 25.0 Å². The van der Waals surface area contributed by atoms with Crippen LogP contribution in [0.2, 0.25) is 0 Å². The van der Waals surface area contributed by atoms with Gasteiger partial charge in [0.25, 0.3) is 0 Å². The number of phenolic OH excluding ortho intramolecular Hbond substituents is 1. The molecule has 0 bridgehead atoms. The molecule has 0 aliphatic carbocycles. The van der Waals surface area contributed by atoms with Crippen LogP contribution in [0.4, 0.5) is 4.39 Å². The molecule has 2 N–H and O–H groups in total. The molecule has 0 unspecified atom stereocenters. The van der Waals surface area contributed by atoms with Crippen LogP contribution in [0.5, 0.6) is 5.75 Å². The predicted octanol–water partition coefficient (Wildman–Crippen LogP) is 2.49. The van der Waals surface area contributed by atoms with Gasteiger partial charge in [0, 0.05) is 0 Å². The standard InChI is InChI=1S/C12H15FO3/c1-7-4-9(13)5-8(10(7)14)6-12(2,3)11(15)16/h4-5,14H,6H2,1-3H3,(H,15,16). The van der Waals surface area contributed by atoms with Gasteiger partial charge in [-0.05, 0) is 50.5 Å². The van der Waals surface area contributed by atoms with Gasteiger partial charge in [-0.15, -0.1) is 0 Å². The maximum absolute atomic E-state index is 13.1. The van der Waals surface area contributed by atoms with Gasteiger partial charge in [-0.3, -0.25) is 4.79 Å². The quantitative estimate of drug-likeness (QED) is 0.832. The number of hydrogen-bond donors (Lipinski definition) is 2. The van der Waals surface area contributed by atoms with Gasteiger partial charge in [0.05, 0.1) is 5.41 Å². The highest BCUT2D eigenvalue weighted by molar-refractivity contribution is 5.74. The number of halogens is 1. The summed E-state index contributed by atoms with van der Waals surface area (Å²) in [5.74, 6) is -1.48. The molecule has 0 saturated heterocycles. The van der Waals surface area contributed by atoms with Crippen molar-refractivity contribution in [3.8, 4) is 5.75 Å². The summed E-state index contributed by atoms with van der Waals surface area (Å²) < 4.78 is 13.1. The lowest BCUT2D eigenvalue weighted by Crippen LogP contribution is -2.26. The molecule has 1 aromatic carbocycles. The van der Waals surface area contributed by atoms with Crippen LogP contribution in [0.3, 0.4) is 0 Å². The monoisotopic (exact) mass is 226 g/mol. The van der Waals surface area contributed by atoms with Crippen molar-refractivity contribution in [2.45, 2.75) is 27.2 Å². The molecule has 88 valence electrons. The summed E-state index contributed by atoms with van der Waals surface area (Å²) >= 11 is 0. The number of benzene rings is 1. The first-order valence-corrected chi connectivity index (χ1v) is 4.95. The van der Waals surface area contributed by atoms with Crippen LogP contribution in [0.25, 0.3) is 0 Å². The van der Waals surface area contributed by atoms with Crippen LogP contribution < -0.4 is 0 Å². The second kappa shape index (κ2) is 4.12. The van der Waals surface area contributed by atoms with Crippen LogP contribution in [-0.4, -0.2) is 16.2 Å². The summed E-state index contributed by atoms with van der Waals surface area (Å²) in [4.78, 5) is 10.9. The van der Waals surface area contributed by atoms with E-state index in [1.165, 1.54) is 26.0 Å². The minimum atomic E-state index is -1.03. The summed E-state index contributed by atoms with van der Waals surface area (Å²) in [6, 6.07) is 2.39. The Morgan fingerprint density at radius 2 is 2.00 bits per heavy atom. The molecule has 4 heteroatoms. The lowest BCUT2D eigenvalue weighted by atomic mass is 9.85. The Labute approximate surface area is 93.5 Å². The maximum Gasteiger partial charge on any atom is 0.309 e. The number of phenols is 1. The molecule has 0 atom stereocenters. The topological polar surface area (TPSA) is 57.5 Å². The molecule has 0 amide bonds. The van der Waals surface area contributed by atoms with Gasteiger partial charge in [0.15, 0.2) is 0 Å². The van der Waals surface area contributed by atoms with Crippen molar-refractivity contribution < 1.29 is 19.4 Å². The lowest BCUT2D eigenvalue weighted by Gasteiger charge is -2.20. The largest absolute Gasteiger partial charge is 0.507 e. The number of carboxylic acid groups (broad SMARTS) is 1. The minimum Gasteiger partial charge on any atom is -0.507 e. The normalized spacial score (nSPS) is 11.5. The average Bonchev–Trinajstić information content (AvgIpc) is 2.12. The Hall–Kier alpha value is -1.58. The molecule has 1 rings (SSSR count). The highest BCUT2D eigenvalue weighted by Crippen LogP contribution is 2.30. The Bertz CT molecular complexity index is 425. The number of carboxylic acids is 1. The van der Waals surface area contributed by atoms with Crippen LogP contribution in [-0.2, 0) is 11.2 Å². The second-order valence-electron chi connectivity index (χ2n) is 4.60. The fourth-order valence-corrected chi connectivity index (χ4v) is 1.49. The van der Waals surface area contributed by atoms with Gasteiger partial charge in [0.1, 0.15) is 11.6 Å². The molecular weight excluding hydrogens is 211 g/mol. The highest BCUT2D eigenvalue weighted by atomic mass is 19.1. The zero-order valence-electron chi connectivity index (χ0n) is 9.54. The van der Waals surface area contributed by atoms with Crippen LogP contribution in [0, 0.1) is 18.2 Å². The van der Waals surface area contributed by atoms with Gasteiger partial charge < -0.3 is 10.2 Å². The van der Waals surface area contributed by atoms with E-state index in [9.17, 15) is 14.3 Å². The lowest BCUT2D eigenvalue weighted by molar-refractivity contribution is -0.146. The second-order valence-corrected chi connectivity index (χ2v) is 4.60. The summed E-state index contributed by atoms with van der Waals surface area (Å²) in [6.45, 7) is 4.65. The van der Waals surface area contributed by atoms with E-state index < -0.39 is 17.2 Å². The smallest absolute Gasteiger partial charge is 0.309 e. The Kier molecular flexibility index (Phi) is 3.21. The van der Waals surface area contributed by atoms with E-state index in [0.29, 0.717) is 11.1 Å². The third-order valence-electron chi connectivity index (χ3n) is 2.56. The predicted molar refractivity (Wildman–Crippen MR) is 57.9 cm³/mol. The van der Waals surface area contributed by atoms with Gasteiger partial charge in [-0.2, -0.15) is 0 Å². The highest BCUT2D eigenvalue weighted by Gasteiger charge is 2.28. The van der Waals surface area contributed by atoms with Crippen LogP contribution in [0.15, 0.2) is 12.1 Å². The molecule has 0 heterocycles. The first-order chi connectivity index (χ1) is 7.24. The molecule has 0 fully saturated rings. The van der Waals surface area contributed by atoms with E-state index in [-0.39, 0.29) is 12.2 Å². The van der Waals surface area contributed by atoms with E-state index >= 15 is 0 Å². The Balaban J connectivity index is 3.11. The van der Waals surface area contributed by atoms with Crippen molar-refractivity contribution in [3.63, 3.8) is 0 Å². The molecule has 0 aliphatic rings. The Morgan fingerprint density at radius 1 is 1.44 bits per heavy atom. The first kappa shape index (κ1) is 12.5. The number of aliphatic carboxylic acids is 1. The molecule has 0 radical (unpaired) electrons. The van der Waals surface area contributed by atoms with Crippen molar-refractivity contribution >= 4 is 5.97 Å². The zero-order valence-corrected chi connectivity index (χ0v) is 9.54. The van der Waals surface area contributed by atoms with E-state index in [4.69, 9.17) is 5.11 Å². The van der Waals surface area contributed by atoms with Crippen molar-refractivity contribution in [1.82, 2.24) is 0 Å². The third kappa shape index (κ3) is 2.51. The Morgan fingerprint density at radius 3 is 2.50 bits per heavy atom. The number of hydrogen-bond acceptors (Lipinski definition) is 2.